The van der Waals surface area contributed by atoms with E-state index >= 15 is 0 Å². The first-order chi connectivity index (χ1) is 14.2. The van der Waals surface area contributed by atoms with E-state index in [2.05, 4.69) is 11.4 Å². The van der Waals surface area contributed by atoms with Crippen molar-refractivity contribution in [2.45, 2.75) is 72.5 Å². The Kier molecular flexibility index (Phi) is 8.91. The molecule has 0 spiro atoms. The van der Waals surface area contributed by atoms with Crippen LogP contribution in [0.5, 0.6) is 0 Å². The molecule has 2 aromatic carbocycles. The molecule has 2 amide bonds. The molecule has 5 heteroatoms. The van der Waals surface area contributed by atoms with E-state index in [4.69, 9.17) is 11.6 Å². The fraction of sp³-hybridized carbons (Fsp3) is 0.440. The van der Waals surface area contributed by atoms with Gasteiger partial charge in [-0.15, -0.1) is 0 Å². The monoisotopic (exact) mass is 428 g/mol. The molecule has 162 valence electrons. The summed E-state index contributed by atoms with van der Waals surface area (Å²) in [4.78, 5) is 28.1. The van der Waals surface area contributed by atoms with Crippen molar-refractivity contribution >= 4 is 23.4 Å². The molecule has 0 bridgehead atoms. The highest BCUT2D eigenvalue weighted by molar-refractivity contribution is 6.31. The number of aryl methyl sites for hydroxylation is 2. The van der Waals surface area contributed by atoms with E-state index in [0.29, 0.717) is 18.0 Å². The number of hydrogen-bond donors (Lipinski definition) is 1. The maximum absolute atomic E-state index is 13.4. The number of amides is 2. The van der Waals surface area contributed by atoms with E-state index in [-0.39, 0.29) is 24.3 Å². The molecular weight excluding hydrogens is 396 g/mol. The van der Waals surface area contributed by atoms with Crippen LogP contribution >= 0.6 is 11.6 Å². The minimum atomic E-state index is -0.548. The fourth-order valence-corrected chi connectivity index (χ4v) is 3.81. The Hall–Kier alpha value is -2.33. The summed E-state index contributed by atoms with van der Waals surface area (Å²) in [5.41, 5.74) is 4.04. The van der Waals surface area contributed by atoms with E-state index in [1.807, 2.05) is 71.0 Å². The maximum atomic E-state index is 13.4. The van der Waals surface area contributed by atoms with Gasteiger partial charge in [-0.3, -0.25) is 9.59 Å². The van der Waals surface area contributed by atoms with Crippen molar-refractivity contribution in [2.75, 3.05) is 0 Å². The fourth-order valence-electron chi connectivity index (χ4n) is 3.62. The van der Waals surface area contributed by atoms with Crippen LogP contribution in [0.4, 0.5) is 0 Å². The smallest absolute Gasteiger partial charge is 0.243 e. The second-order valence-corrected chi connectivity index (χ2v) is 8.43. The van der Waals surface area contributed by atoms with Gasteiger partial charge in [0.1, 0.15) is 6.04 Å². The molecule has 0 radical (unpaired) electrons. The van der Waals surface area contributed by atoms with Gasteiger partial charge in [-0.2, -0.15) is 0 Å². The lowest BCUT2D eigenvalue weighted by Gasteiger charge is -2.32. The molecule has 0 saturated carbocycles. The van der Waals surface area contributed by atoms with Crippen LogP contribution in [0.3, 0.4) is 0 Å². The molecule has 2 aromatic rings. The summed E-state index contributed by atoms with van der Waals surface area (Å²) < 4.78 is 0. The summed E-state index contributed by atoms with van der Waals surface area (Å²) in [7, 11) is 0. The van der Waals surface area contributed by atoms with Gasteiger partial charge in [0.2, 0.25) is 11.8 Å². The molecule has 1 N–H and O–H groups in total. The average molecular weight is 429 g/mol. The highest BCUT2D eigenvalue weighted by atomic mass is 35.5. The predicted octanol–water partition coefficient (Wildman–Crippen LogP) is 5.22. The van der Waals surface area contributed by atoms with E-state index < -0.39 is 6.04 Å². The summed E-state index contributed by atoms with van der Waals surface area (Å²) in [6, 6.07) is 13.1. The van der Waals surface area contributed by atoms with Gasteiger partial charge < -0.3 is 10.2 Å². The second-order valence-electron chi connectivity index (χ2n) is 8.03. The van der Waals surface area contributed by atoms with E-state index in [9.17, 15) is 9.59 Å². The lowest BCUT2D eigenvalue weighted by Crippen LogP contribution is -2.51. The van der Waals surface area contributed by atoms with Crippen LogP contribution in [-0.2, 0) is 22.6 Å². The van der Waals surface area contributed by atoms with Crippen molar-refractivity contribution in [2.24, 2.45) is 0 Å². The van der Waals surface area contributed by atoms with Crippen molar-refractivity contribution in [3.63, 3.8) is 0 Å². The minimum Gasteiger partial charge on any atom is -0.352 e. The number of hydrogen-bond acceptors (Lipinski definition) is 2. The van der Waals surface area contributed by atoms with Crippen LogP contribution in [0.25, 0.3) is 0 Å². The van der Waals surface area contributed by atoms with Crippen LogP contribution in [0.1, 0.15) is 55.9 Å². The zero-order valence-electron chi connectivity index (χ0n) is 18.7. The third-order valence-corrected chi connectivity index (χ3v) is 5.69. The maximum Gasteiger partial charge on any atom is 0.243 e. The summed E-state index contributed by atoms with van der Waals surface area (Å²) in [6.45, 7) is 10.3. The molecule has 0 aliphatic heterocycles. The molecule has 0 aromatic heterocycles. The average Bonchev–Trinajstić information content (AvgIpc) is 2.68. The van der Waals surface area contributed by atoms with Crippen molar-refractivity contribution in [3.05, 3.63) is 69.7 Å². The van der Waals surface area contributed by atoms with Gasteiger partial charge >= 0.3 is 0 Å². The van der Waals surface area contributed by atoms with Gasteiger partial charge in [-0.25, -0.2) is 0 Å². The first-order valence-electron chi connectivity index (χ1n) is 10.7. The summed E-state index contributed by atoms with van der Waals surface area (Å²) >= 11 is 6.37. The lowest BCUT2D eigenvalue weighted by molar-refractivity contribution is -0.141. The van der Waals surface area contributed by atoms with Crippen LogP contribution in [0.2, 0.25) is 5.02 Å². The van der Waals surface area contributed by atoms with E-state index in [0.717, 1.165) is 28.7 Å². The Morgan fingerprint density at radius 3 is 2.23 bits per heavy atom. The number of carbonyl (C=O) groups excluding carboxylic acids is 2. The summed E-state index contributed by atoms with van der Waals surface area (Å²) in [6.07, 6.45) is 1.62. The summed E-state index contributed by atoms with van der Waals surface area (Å²) in [5.74, 6) is -0.196. The van der Waals surface area contributed by atoms with Crippen molar-refractivity contribution in [3.8, 4) is 0 Å². The van der Waals surface area contributed by atoms with Crippen molar-refractivity contribution < 1.29 is 9.59 Å². The van der Waals surface area contributed by atoms with Gasteiger partial charge in [0.25, 0.3) is 0 Å². The van der Waals surface area contributed by atoms with E-state index in [1.165, 1.54) is 0 Å². The molecule has 0 aliphatic rings. The Bertz CT molecular complexity index is 861. The highest BCUT2D eigenvalue weighted by Gasteiger charge is 2.29. The Labute approximate surface area is 185 Å². The van der Waals surface area contributed by atoms with Crippen molar-refractivity contribution in [1.82, 2.24) is 10.2 Å². The molecule has 0 unspecified atom stereocenters. The number of nitrogens with one attached hydrogen (secondary N) is 1. The van der Waals surface area contributed by atoms with Gasteiger partial charge in [0.15, 0.2) is 0 Å². The normalized spacial score (nSPS) is 12.9. The standard InChI is InChI=1S/C25H33ClN2O2/c1-6-19(5)27-25(30)23(7-2)28(16-21-10-8-9-11-22(21)26)24(29)15-20-13-17(3)12-18(4)14-20/h8-14,19,23H,6-7,15-16H2,1-5H3,(H,27,30)/t19-,23+/m0/s1. The molecule has 0 aliphatic carbocycles. The van der Waals surface area contributed by atoms with Gasteiger partial charge in [-0.05, 0) is 50.8 Å². The largest absolute Gasteiger partial charge is 0.352 e. The van der Waals surface area contributed by atoms with Crippen LogP contribution in [0.15, 0.2) is 42.5 Å². The van der Waals surface area contributed by atoms with Crippen LogP contribution in [0, 0.1) is 13.8 Å². The lowest BCUT2D eigenvalue weighted by atomic mass is 10.0. The van der Waals surface area contributed by atoms with E-state index in [1.54, 1.807) is 4.90 Å². The number of rotatable bonds is 9. The molecular formula is C25H33ClN2O2. The van der Waals surface area contributed by atoms with Gasteiger partial charge in [0.05, 0.1) is 6.42 Å². The zero-order chi connectivity index (χ0) is 22.3. The Morgan fingerprint density at radius 2 is 1.67 bits per heavy atom. The van der Waals surface area contributed by atoms with Crippen LogP contribution < -0.4 is 5.32 Å². The molecule has 0 saturated heterocycles. The third-order valence-electron chi connectivity index (χ3n) is 5.32. The highest BCUT2D eigenvalue weighted by Crippen LogP contribution is 2.21. The number of carbonyl (C=O) groups is 2. The first kappa shape index (κ1) is 23.9. The summed E-state index contributed by atoms with van der Waals surface area (Å²) in [5, 5.41) is 3.63. The number of halogens is 1. The number of benzene rings is 2. The van der Waals surface area contributed by atoms with Crippen LogP contribution in [-0.4, -0.2) is 28.8 Å². The van der Waals surface area contributed by atoms with Gasteiger partial charge in [-0.1, -0.05) is 73.0 Å². The molecule has 30 heavy (non-hydrogen) atoms. The molecule has 2 atom stereocenters. The molecule has 2 rings (SSSR count). The predicted molar refractivity (Wildman–Crippen MR) is 124 cm³/mol. The van der Waals surface area contributed by atoms with Crippen molar-refractivity contribution in [1.29, 1.82) is 0 Å². The zero-order valence-corrected chi connectivity index (χ0v) is 19.4. The third kappa shape index (κ3) is 6.60. The molecule has 4 nitrogen and oxygen atoms in total. The topological polar surface area (TPSA) is 49.4 Å². The quantitative estimate of drug-likeness (QED) is 0.595. The number of nitrogens with zero attached hydrogens (tertiary/aromatic N) is 1. The SMILES string of the molecule is CC[C@H](C(=O)N[C@@H](C)CC)N(Cc1ccccc1Cl)C(=O)Cc1cc(C)cc(C)c1. The second kappa shape index (κ2) is 11.2. The first-order valence-corrected chi connectivity index (χ1v) is 11.0. The molecule has 0 heterocycles. The minimum absolute atomic E-state index is 0.0586. The molecule has 0 fully saturated rings. The Balaban J connectivity index is 2.34. The Morgan fingerprint density at radius 1 is 1.03 bits per heavy atom. The van der Waals surface area contributed by atoms with Gasteiger partial charge in [0, 0.05) is 17.6 Å².